The smallest absolute Gasteiger partial charge is 0.274 e. The van der Waals surface area contributed by atoms with Crippen LogP contribution in [0.4, 0.5) is 0 Å². The highest BCUT2D eigenvalue weighted by molar-refractivity contribution is 5.94. The molecule has 2 aliphatic rings. The third-order valence-electron chi connectivity index (χ3n) is 7.26. The Labute approximate surface area is 204 Å². The number of nitrogens with one attached hydrogen (secondary N) is 1. The van der Waals surface area contributed by atoms with Crippen molar-refractivity contribution in [2.24, 2.45) is 7.05 Å². The van der Waals surface area contributed by atoms with Gasteiger partial charge in [0.05, 0.1) is 5.69 Å². The van der Waals surface area contributed by atoms with Crippen LogP contribution >= 0.6 is 0 Å². The van der Waals surface area contributed by atoms with E-state index < -0.39 is 0 Å². The van der Waals surface area contributed by atoms with Crippen molar-refractivity contribution in [2.45, 2.75) is 44.8 Å². The van der Waals surface area contributed by atoms with E-state index in [-0.39, 0.29) is 11.9 Å². The van der Waals surface area contributed by atoms with Crippen molar-refractivity contribution in [3.63, 3.8) is 0 Å². The van der Waals surface area contributed by atoms with Gasteiger partial charge in [-0.2, -0.15) is 5.10 Å². The number of carbonyl (C=O) groups excluding carboxylic acids is 1. The average molecular weight is 468 g/mol. The second-order valence-corrected chi connectivity index (χ2v) is 9.51. The topological polar surface area (TPSA) is 76.2 Å². The second kappa shape index (κ2) is 9.15. The summed E-state index contributed by atoms with van der Waals surface area (Å²) >= 11 is 0. The number of carbonyl (C=O) groups is 1. The van der Waals surface area contributed by atoms with E-state index in [9.17, 15) is 4.79 Å². The number of hydrogen-bond donors (Lipinski definition) is 1. The van der Waals surface area contributed by atoms with E-state index in [0.717, 1.165) is 54.8 Å². The molecule has 0 spiro atoms. The molecule has 1 unspecified atom stereocenters. The van der Waals surface area contributed by atoms with Crippen LogP contribution in [0, 0.1) is 0 Å². The fourth-order valence-electron chi connectivity index (χ4n) is 5.34. The minimum absolute atomic E-state index is 0.0426. The molecule has 2 aromatic carbocycles. The number of aryl methyl sites for hydroxylation is 1. The molecule has 4 aromatic rings. The molecular weight excluding hydrogens is 438 g/mol. The standard InChI is InChI=1S/C28H29N5O2/c1-32-25-12-11-22(29-17-23-16-26(35-31-23)20-8-3-2-4-9-20)15-24(25)27(30-32)28(34)33-14-13-19-7-5-6-10-21(19)18-33/h2-10,16,22,29H,11-15,17-18H2,1H3. The Hall–Kier alpha value is -3.71. The zero-order valence-corrected chi connectivity index (χ0v) is 19.9. The largest absolute Gasteiger partial charge is 0.356 e. The van der Waals surface area contributed by atoms with E-state index in [1.54, 1.807) is 0 Å². The number of rotatable bonds is 5. The molecule has 1 aliphatic heterocycles. The molecule has 0 fully saturated rings. The maximum absolute atomic E-state index is 13.5. The van der Waals surface area contributed by atoms with Crippen LogP contribution in [0.1, 0.15) is 45.0 Å². The Kier molecular flexibility index (Phi) is 5.70. The number of amides is 1. The first-order valence-electron chi connectivity index (χ1n) is 12.3. The Morgan fingerprint density at radius 2 is 1.89 bits per heavy atom. The van der Waals surface area contributed by atoms with Crippen molar-refractivity contribution in [3.05, 3.63) is 94.4 Å². The fraction of sp³-hybridized carbons (Fsp3) is 0.321. The van der Waals surface area contributed by atoms with Gasteiger partial charge in [-0.05, 0) is 36.8 Å². The maximum Gasteiger partial charge on any atom is 0.274 e. The first-order chi connectivity index (χ1) is 17.2. The third-order valence-corrected chi connectivity index (χ3v) is 7.26. The molecule has 0 saturated carbocycles. The molecule has 0 saturated heterocycles. The Morgan fingerprint density at radius 3 is 2.74 bits per heavy atom. The molecule has 178 valence electrons. The van der Waals surface area contributed by atoms with Gasteiger partial charge in [-0.25, -0.2) is 0 Å². The minimum Gasteiger partial charge on any atom is -0.356 e. The quantitative estimate of drug-likeness (QED) is 0.482. The lowest BCUT2D eigenvalue weighted by Gasteiger charge is -2.29. The van der Waals surface area contributed by atoms with Crippen LogP contribution in [-0.4, -0.2) is 38.3 Å². The van der Waals surface area contributed by atoms with Crippen LogP contribution in [0.3, 0.4) is 0 Å². The Balaban J connectivity index is 1.14. The fourth-order valence-corrected chi connectivity index (χ4v) is 5.34. The van der Waals surface area contributed by atoms with Gasteiger partial charge < -0.3 is 14.7 Å². The van der Waals surface area contributed by atoms with Gasteiger partial charge in [-0.3, -0.25) is 9.48 Å². The van der Waals surface area contributed by atoms with Crippen molar-refractivity contribution in [1.29, 1.82) is 0 Å². The van der Waals surface area contributed by atoms with E-state index in [2.05, 4.69) is 33.8 Å². The number of hydrogen-bond acceptors (Lipinski definition) is 5. The van der Waals surface area contributed by atoms with Gasteiger partial charge >= 0.3 is 0 Å². The molecule has 6 rings (SSSR count). The van der Waals surface area contributed by atoms with E-state index >= 15 is 0 Å². The molecular formula is C28H29N5O2. The molecule has 7 heteroatoms. The molecule has 3 heterocycles. The summed E-state index contributed by atoms with van der Waals surface area (Å²) in [4.78, 5) is 15.5. The molecule has 35 heavy (non-hydrogen) atoms. The summed E-state index contributed by atoms with van der Waals surface area (Å²) in [7, 11) is 1.95. The van der Waals surface area contributed by atoms with Gasteiger partial charge in [0.1, 0.15) is 0 Å². The molecule has 0 radical (unpaired) electrons. The minimum atomic E-state index is 0.0426. The van der Waals surface area contributed by atoms with Crippen LogP contribution in [0.25, 0.3) is 11.3 Å². The number of fused-ring (bicyclic) bond motifs is 2. The summed E-state index contributed by atoms with van der Waals surface area (Å²) in [5.74, 6) is 0.817. The predicted molar refractivity (Wildman–Crippen MR) is 133 cm³/mol. The molecule has 1 amide bonds. The molecule has 0 bridgehead atoms. The van der Waals surface area contributed by atoms with Gasteiger partial charge in [0.15, 0.2) is 11.5 Å². The molecule has 7 nitrogen and oxygen atoms in total. The summed E-state index contributed by atoms with van der Waals surface area (Å²) in [5, 5.41) is 12.5. The SMILES string of the molecule is Cn1nc(C(=O)N2CCc3ccccc3C2)c2c1CCC(NCc1cc(-c3ccccc3)on1)C2. The summed E-state index contributed by atoms with van der Waals surface area (Å²) < 4.78 is 7.44. The van der Waals surface area contributed by atoms with E-state index in [1.807, 2.05) is 59.1 Å². The van der Waals surface area contributed by atoms with E-state index in [4.69, 9.17) is 4.52 Å². The van der Waals surface area contributed by atoms with Crippen molar-refractivity contribution in [1.82, 2.24) is 25.2 Å². The average Bonchev–Trinajstić information content (AvgIpc) is 3.52. The first kappa shape index (κ1) is 21.8. The third kappa shape index (κ3) is 4.28. The lowest BCUT2D eigenvalue weighted by atomic mass is 9.90. The first-order valence-corrected chi connectivity index (χ1v) is 12.3. The maximum atomic E-state index is 13.5. The van der Waals surface area contributed by atoms with Gasteiger partial charge in [-0.15, -0.1) is 0 Å². The monoisotopic (exact) mass is 467 g/mol. The molecule has 1 atom stereocenters. The summed E-state index contributed by atoms with van der Waals surface area (Å²) in [5.41, 5.74) is 7.35. The predicted octanol–water partition coefficient (Wildman–Crippen LogP) is 3.92. The second-order valence-electron chi connectivity index (χ2n) is 9.51. The molecule has 1 N–H and O–H groups in total. The van der Waals surface area contributed by atoms with Crippen molar-refractivity contribution < 1.29 is 9.32 Å². The van der Waals surface area contributed by atoms with Crippen LogP contribution in [0.2, 0.25) is 0 Å². The van der Waals surface area contributed by atoms with Crippen molar-refractivity contribution in [3.8, 4) is 11.3 Å². The number of aromatic nitrogens is 3. The summed E-state index contributed by atoms with van der Waals surface area (Å²) in [6.45, 7) is 2.01. The van der Waals surface area contributed by atoms with Crippen molar-refractivity contribution in [2.75, 3.05) is 6.54 Å². The van der Waals surface area contributed by atoms with Crippen LogP contribution in [-0.2, 0) is 39.4 Å². The summed E-state index contributed by atoms with van der Waals surface area (Å²) in [6.07, 6.45) is 3.59. The van der Waals surface area contributed by atoms with Crippen LogP contribution in [0.5, 0.6) is 0 Å². The zero-order valence-electron chi connectivity index (χ0n) is 19.9. The highest BCUT2D eigenvalue weighted by Gasteiger charge is 2.31. The van der Waals surface area contributed by atoms with Crippen LogP contribution in [0.15, 0.2) is 65.2 Å². The van der Waals surface area contributed by atoms with Crippen LogP contribution < -0.4 is 5.32 Å². The molecule has 1 aliphatic carbocycles. The number of nitrogens with zero attached hydrogens (tertiary/aromatic N) is 4. The van der Waals surface area contributed by atoms with Crippen molar-refractivity contribution >= 4 is 5.91 Å². The van der Waals surface area contributed by atoms with Gasteiger partial charge in [-0.1, -0.05) is 59.8 Å². The Bertz CT molecular complexity index is 1360. The zero-order chi connectivity index (χ0) is 23.8. The lowest BCUT2D eigenvalue weighted by molar-refractivity contribution is 0.0726. The summed E-state index contributed by atoms with van der Waals surface area (Å²) in [6, 6.07) is 20.6. The Morgan fingerprint density at radius 1 is 1.09 bits per heavy atom. The number of benzene rings is 2. The van der Waals surface area contributed by atoms with Gasteiger partial charge in [0, 0.05) is 55.6 Å². The van der Waals surface area contributed by atoms with E-state index in [1.165, 1.54) is 16.8 Å². The van der Waals surface area contributed by atoms with E-state index in [0.29, 0.717) is 18.8 Å². The molecule has 2 aromatic heterocycles. The van der Waals surface area contributed by atoms with Gasteiger partial charge in [0.25, 0.3) is 5.91 Å². The lowest BCUT2D eigenvalue weighted by Crippen LogP contribution is -2.38. The highest BCUT2D eigenvalue weighted by Crippen LogP contribution is 2.28. The highest BCUT2D eigenvalue weighted by atomic mass is 16.5. The normalized spacial score (nSPS) is 17.2. The van der Waals surface area contributed by atoms with Gasteiger partial charge in [0.2, 0.25) is 0 Å².